The van der Waals surface area contributed by atoms with Crippen molar-refractivity contribution in [2.45, 2.75) is 19.4 Å². The first-order chi connectivity index (χ1) is 7.24. The van der Waals surface area contributed by atoms with Gasteiger partial charge in [0, 0.05) is 0 Å². The van der Waals surface area contributed by atoms with E-state index in [0.29, 0.717) is 11.7 Å². The van der Waals surface area contributed by atoms with Gasteiger partial charge in [-0.2, -0.15) is 0 Å². The third-order valence-corrected chi connectivity index (χ3v) is 2.26. The first kappa shape index (κ1) is 11.8. The van der Waals surface area contributed by atoms with Gasteiger partial charge in [-0.25, -0.2) is 0 Å². The highest BCUT2D eigenvalue weighted by Crippen LogP contribution is 2.08. The lowest BCUT2D eigenvalue weighted by Gasteiger charge is -2.10. The minimum atomic E-state index is -0.492. The highest BCUT2D eigenvalue weighted by atomic mass is 32.1. The Kier molecular flexibility index (Phi) is 4.92. The van der Waals surface area contributed by atoms with Gasteiger partial charge in [0.05, 0.1) is 6.61 Å². The van der Waals surface area contributed by atoms with Crippen molar-refractivity contribution in [3.63, 3.8) is 0 Å². The van der Waals surface area contributed by atoms with Crippen LogP contribution < -0.4 is 5.32 Å². The number of amides is 1. The van der Waals surface area contributed by atoms with Crippen molar-refractivity contribution >= 4 is 22.4 Å². The minimum Gasteiger partial charge on any atom is -0.368 e. The standard InChI is InChI=1S/C9H13N3O2S/c1-3-4-5-14-7(2)8(13)11-9-12-10-6-15-9/h3,6-7H,1,4-5H2,2H3,(H,11,12,13). The van der Waals surface area contributed by atoms with E-state index < -0.39 is 6.10 Å². The average molecular weight is 227 g/mol. The van der Waals surface area contributed by atoms with Crippen LogP contribution in [0.5, 0.6) is 0 Å². The maximum Gasteiger partial charge on any atom is 0.255 e. The SMILES string of the molecule is C=CCCOC(C)C(=O)Nc1nncs1. The first-order valence-corrected chi connectivity index (χ1v) is 5.41. The predicted molar refractivity (Wildman–Crippen MR) is 58.8 cm³/mol. The molecule has 5 nitrogen and oxygen atoms in total. The number of anilines is 1. The summed E-state index contributed by atoms with van der Waals surface area (Å²) in [6.45, 7) is 5.75. The van der Waals surface area contributed by atoms with E-state index >= 15 is 0 Å². The summed E-state index contributed by atoms with van der Waals surface area (Å²) in [5.41, 5.74) is 1.55. The Morgan fingerprint density at radius 1 is 1.87 bits per heavy atom. The Hall–Kier alpha value is -1.27. The molecule has 1 unspecified atom stereocenters. The van der Waals surface area contributed by atoms with Crippen molar-refractivity contribution in [1.29, 1.82) is 0 Å². The number of hydrogen-bond acceptors (Lipinski definition) is 5. The van der Waals surface area contributed by atoms with Gasteiger partial charge in [-0.05, 0) is 13.3 Å². The summed E-state index contributed by atoms with van der Waals surface area (Å²) in [6, 6.07) is 0. The zero-order valence-corrected chi connectivity index (χ0v) is 9.29. The normalized spacial score (nSPS) is 12.1. The van der Waals surface area contributed by atoms with Crippen LogP contribution in [0, 0.1) is 0 Å². The fourth-order valence-corrected chi connectivity index (χ4v) is 1.29. The van der Waals surface area contributed by atoms with E-state index in [1.165, 1.54) is 11.3 Å². The highest BCUT2D eigenvalue weighted by Gasteiger charge is 2.13. The second-order valence-electron chi connectivity index (χ2n) is 2.82. The molecule has 0 aliphatic carbocycles. The number of nitrogens with one attached hydrogen (secondary N) is 1. The predicted octanol–water partition coefficient (Wildman–Crippen LogP) is 1.46. The summed E-state index contributed by atoms with van der Waals surface area (Å²) < 4.78 is 5.27. The van der Waals surface area contributed by atoms with Gasteiger partial charge in [0.1, 0.15) is 11.6 Å². The van der Waals surface area contributed by atoms with Crippen LogP contribution in [0.4, 0.5) is 5.13 Å². The van der Waals surface area contributed by atoms with Gasteiger partial charge in [0.25, 0.3) is 5.91 Å². The Balaban J connectivity index is 2.30. The average Bonchev–Trinajstić information content (AvgIpc) is 2.70. The third-order valence-electron chi connectivity index (χ3n) is 1.65. The molecule has 1 atom stereocenters. The van der Waals surface area contributed by atoms with Crippen LogP contribution in [-0.4, -0.2) is 28.8 Å². The molecule has 15 heavy (non-hydrogen) atoms. The lowest BCUT2D eigenvalue weighted by molar-refractivity contribution is -0.126. The molecule has 1 heterocycles. The van der Waals surface area contributed by atoms with Crippen molar-refractivity contribution in [3.8, 4) is 0 Å². The number of aromatic nitrogens is 2. The van der Waals surface area contributed by atoms with E-state index in [2.05, 4.69) is 22.1 Å². The van der Waals surface area contributed by atoms with Crippen LogP contribution in [0.2, 0.25) is 0 Å². The van der Waals surface area contributed by atoms with Crippen molar-refractivity contribution < 1.29 is 9.53 Å². The summed E-state index contributed by atoms with van der Waals surface area (Å²) in [7, 11) is 0. The lowest BCUT2D eigenvalue weighted by Crippen LogP contribution is -2.27. The molecule has 1 aromatic heterocycles. The second kappa shape index (κ2) is 6.26. The second-order valence-corrected chi connectivity index (χ2v) is 3.66. The van der Waals surface area contributed by atoms with E-state index in [1.54, 1.807) is 18.5 Å². The first-order valence-electron chi connectivity index (χ1n) is 4.53. The number of ether oxygens (including phenoxy) is 1. The lowest BCUT2D eigenvalue weighted by atomic mass is 10.3. The number of carbonyl (C=O) groups excluding carboxylic acids is 1. The molecule has 0 aliphatic rings. The summed E-state index contributed by atoms with van der Waals surface area (Å²) in [5, 5.41) is 10.4. The maximum atomic E-state index is 11.5. The van der Waals surface area contributed by atoms with Crippen LogP contribution in [-0.2, 0) is 9.53 Å². The van der Waals surface area contributed by atoms with Gasteiger partial charge in [-0.3, -0.25) is 10.1 Å². The quantitative estimate of drug-likeness (QED) is 0.590. The fraction of sp³-hybridized carbons (Fsp3) is 0.444. The van der Waals surface area contributed by atoms with Gasteiger partial charge in [-0.15, -0.1) is 16.8 Å². The van der Waals surface area contributed by atoms with E-state index in [1.807, 2.05) is 0 Å². The van der Waals surface area contributed by atoms with Gasteiger partial charge in [-0.1, -0.05) is 17.4 Å². The van der Waals surface area contributed by atoms with Gasteiger partial charge < -0.3 is 4.74 Å². The molecule has 0 spiro atoms. The van der Waals surface area contributed by atoms with Crippen LogP contribution >= 0.6 is 11.3 Å². The molecule has 0 bridgehead atoms. The number of nitrogens with zero attached hydrogens (tertiary/aromatic N) is 2. The Morgan fingerprint density at radius 3 is 3.27 bits per heavy atom. The van der Waals surface area contributed by atoms with E-state index in [-0.39, 0.29) is 5.91 Å². The van der Waals surface area contributed by atoms with Crippen LogP contribution in [0.3, 0.4) is 0 Å². The van der Waals surface area contributed by atoms with Crippen LogP contribution in [0.25, 0.3) is 0 Å². The maximum absolute atomic E-state index is 11.5. The zero-order chi connectivity index (χ0) is 11.1. The molecule has 1 aromatic rings. The Morgan fingerprint density at radius 2 is 2.67 bits per heavy atom. The molecule has 1 amide bonds. The topological polar surface area (TPSA) is 64.1 Å². The van der Waals surface area contributed by atoms with Gasteiger partial charge in [0.2, 0.25) is 5.13 Å². The molecule has 0 saturated carbocycles. The van der Waals surface area contributed by atoms with Gasteiger partial charge >= 0.3 is 0 Å². The molecule has 1 rings (SSSR count). The van der Waals surface area contributed by atoms with Crippen molar-refractivity contribution in [2.24, 2.45) is 0 Å². The van der Waals surface area contributed by atoms with Gasteiger partial charge in [0.15, 0.2) is 0 Å². The Bertz CT molecular complexity index is 313. The number of rotatable bonds is 6. The fourth-order valence-electron chi connectivity index (χ4n) is 0.838. The summed E-state index contributed by atoms with van der Waals surface area (Å²) in [6.07, 6.45) is 1.99. The third kappa shape index (κ3) is 4.18. The number of carbonyl (C=O) groups is 1. The van der Waals surface area contributed by atoms with E-state index in [9.17, 15) is 4.79 Å². The van der Waals surface area contributed by atoms with Crippen LogP contribution in [0.1, 0.15) is 13.3 Å². The van der Waals surface area contributed by atoms with E-state index in [4.69, 9.17) is 4.74 Å². The van der Waals surface area contributed by atoms with Crippen molar-refractivity contribution in [3.05, 3.63) is 18.2 Å². The summed E-state index contributed by atoms with van der Waals surface area (Å²) in [4.78, 5) is 11.5. The van der Waals surface area contributed by atoms with Crippen molar-refractivity contribution in [2.75, 3.05) is 11.9 Å². The molecular weight excluding hydrogens is 214 g/mol. The van der Waals surface area contributed by atoms with Crippen molar-refractivity contribution in [1.82, 2.24) is 10.2 Å². The molecule has 6 heteroatoms. The summed E-state index contributed by atoms with van der Waals surface area (Å²) >= 11 is 1.27. The highest BCUT2D eigenvalue weighted by molar-refractivity contribution is 7.13. The molecule has 0 aliphatic heterocycles. The summed E-state index contributed by atoms with van der Waals surface area (Å²) in [5.74, 6) is -0.212. The molecule has 0 fully saturated rings. The Labute approximate surface area is 92.2 Å². The minimum absolute atomic E-state index is 0.212. The zero-order valence-electron chi connectivity index (χ0n) is 8.47. The number of hydrogen-bond donors (Lipinski definition) is 1. The van der Waals surface area contributed by atoms with E-state index in [0.717, 1.165) is 6.42 Å². The molecule has 0 saturated heterocycles. The van der Waals surface area contributed by atoms with Crippen LogP contribution in [0.15, 0.2) is 18.2 Å². The molecular formula is C9H13N3O2S. The smallest absolute Gasteiger partial charge is 0.255 e. The molecule has 0 aromatic carbocycles. The molecule has 82 valence electrons. The molecule has 1 N–H and O–H groups in total. The monoisotopic (exact) mass is 227 g/mol. The molecule has 0 radical (unpaired) electrons. The largest absolute Gasteiger partial charge is 0.368 e.